The van der Waals surface area contributed by atoms with E-state index < -0.39 is 6.04 Å². The van der Waals surface area contributed by atoms with Gasteiger partial charge in [0.05, 0.1) is 6.42 Å². The van der Waals surface area contributed by atoms with Crippen molar-refractivity contribution < 1.29 is 19.1 Å². The Balaban J connectivity index is 2.15. The van der Waals surface area contributed by atoms with Crippen molar-refractivity contribution in [3.63, 3.8) is 0 Å². The van der Waals surface area contributed by atoms with Gasteiger partial charge in [-0.3, -0.25) is 9.59 Å². The average Bonchev–Trinajstić information content (AvgIpc) is 2.68. The van der Waals surface area contributed by atoms with Crippen molar-refractivity contribution >= 4 is 23.4 Å². The van der Waals surface area contributed by atoms with Gasteiger partial charge in [0.2, 0.25) is 11.8 Å². The Labute approximate surface area is 169 Å². The summed E-state index contributed by atoms with van der Waals surface area (Å²) < 4.78 is 13.2. The molecule has 0 saturated heterocycles. The lowest BCUT2D eigenvalue weighted by atomic mass is 10.1. The summed E-state index contributed by atoms with van der Waals surface area (Å²) in [6.45, 7) is 2.14. The molecule has 0 aliphatic carbocycles. The topological polar surface area (TPSA) is 69.6 Å². The van der Waals surface area contributed by atoms with E-state index in [1.54, 1.807) is 43.3 Å². The Morgan fingerprint density at radius 3 is 2.32 bits per heavy atom. The maximum atomic E-state index is 13.2. The fourth-order valence-corrected chi connectivity index (χ4v) is 2.81. The summed E-state index contributed by atoms with van der Waals surface area (Å²) in [4.78, 5) is 26.9. The molecular weight excluding hydrogens is 383 g/mol. The zero-order chi connectivity index (χ0) is 20.5. The Kier molecular flexibility index (Phi) is 8.42. The van der Waals surface area contributed by atoms with Crippen LogP contribution in [0.5, 0.6) is 0 Å². The summed E-state index contributed by atoms with van der Waals surface area (Å²) in [6, 6.07) is 12.1. The van der Waals surface area contributed by atoms with Crippen molar-refractivity contribution in [2.45, 2.75) is 32.4 Å². The Morgan fingerprint density at radius 2 is 1.71 bits per heavy atom. The van der Waals surface area contributed by atoms with Gasteiger partial charge in [-0.2, -0.15) is 0 Å². The fraction of sp³-hybridized carbons (Fsp3) is 0.333. The van der Waals surface area contributed by atoms with Crippen LogP contribution in [0.25, 0.3) is 0 Å². The minimum atomic E-state index is -0.719. The molecule has 0 fully saturated rings. The normalized spacial score (nSPS) is 11.7. The number of aliphatic hydroxyl groups is 1. The predicted octanol–water partition coefficient (Wildman–Crippen LogP) is 2.94. The number of carbonyl (C=O) groups excluding carboxylic acids is 2. The van der Waals surface area contributed by atoms with Crippen LogP contribution in [-0.4, -0.2) is 41.0 Å². The second-order valence-corrected chi connectivity index (χ2v) is 6.93. The van der Waals surface area contributed by atoms with Gasteiger partial charge in [0.1, 0.15) is 11.9 Å². The monoisotopic (exact) mass is 406 g/mol. The van der Waals surface area contributed by atoms with Crippen molar-refractivity contribution in [2.75, 3.05) is 13.2 Å². The highest BCUT2D eigenvalue weighted by Gasteiger charge is 2.26. The molecule has 2 N–H and O–H groups in total. The van der Waals surface area contributed by atoms with Gasteiger partial charge >= 0.3 is 0 Å². The van der Waals surface area contributed by atoms with Crippen LogP contribution in [0.1, 0.15) is 24.5 Å². The summed E-state index contributed by atoms with van der Waals surface area (Å²) >= 11 is 5.89. The van der Waals surface area contributed by atoms with E-state index in [0.717, 1.165) is 11.1 Å². The summed E-state index contributed by atoms with van der Waals surface area (Å²) in [5.41, 5.74) is 1.51. The molecular formula is C21H24ClFN2O3. The molecule has 150 valence electrons. The third-order valence-corrected chi connectivity index (χ3v) is 4.59. The molecule has 2 aromatic rings. The van der Waals surface area contributed by atoms with Crippen molar-refractivity contribution in [2.24, 2.45) is 0 Å². The average molecular weight is 407 g/mol. The highest BCUT2D eigenvalue weighted by molar-refractivity contribution is 6.30. The first-order valence-corrected chi connectivity index (χ1v) is 9.45. The van der Waals surface area contributed by atoms with Crippen molar-refractivity contribution in [1.82, 2.24) is 10.2 Å². The Morgan fingerprint density at radius 1 is 1.11 bits per heavy atom. The second-order valence-electron chi connectivity index (χ2n) is 6.50. The van der Waals surface area contributed by atoms with Crippen molar-refractivity contribution in [3.05, 3.63) is 70.5 Å². The zero-order valence-electron chi connectivity index (χ0n) is 15.7. The Bertz CT molecular complexity index is 781. The minimum Gasteiger partial charge on any atom is -0.396 e. The number of hydrogen-bond acceptors (Lipinski definition) is 3. The SMILES string of the molecule is C[C@H](C(=O)NCCCO)N(Cc1ccc(F)cc1)C(=O)Cc1ccc(Cl)cc1. The number of carbonyl (C=O) groups is 2. The van der Waals surface area contributed by atoms with Gasteiger partial charge in [-0.15, -0.1) is 0 Å². The van der Waals surface area contributed by atoms with E-state index in [9.17, 15) is 14.0 Å². The number of amides is 2. The minimum absolute atomic E-state index is 0.0244. The molecule has 0 bridgehead atoms. The predicted molar refractivity (Wildman–Crippen MR) is 106 cm³/mol. The molecule has 0 saturated carbocycles. The van der Waals surface area contributed by atoms with Gasteiger partial charge in [-0.05, 0) is 48.7 Å². The van der Waals surface area contributed by atoms with Crippen LogP contribution < -0.4 is 5.32 Å². The van der Waals surface area contributed by atoms with Gasteiger partial charge in [-0.25, -0.2) is 4.39 Å². The number of hydrogen-bond donors (Lipinski definition) is 2. The molecule has 2 aromatic carbocycles. The number of benzene rings is 2. The van der Waals surface area contributed by atoms with Gasteiger partial charge < -0.3 is 15.3 Å². The fourth-order valence-electron chi connectivity index (χ4n) is 2.69. The molecule has 0 radical (unpaired) electrons. The van der Waals surface area contributed by atoms with E-state index in [4.69, 9.17) is 16.7 Å². The van der Waals surface area contributed by atoms with Crippen LogP contribution >= 0.6 is 11.6 Å². The van der Waals surface area contributed by atoms with E-state index in [1.807, 2.05) is 0 Å². The number of rotatable bonds is 9. The van der Waals surface area contributed by atoms with Gasteiger partial charge in [-0.1, -0.05) is 35.9 Å². The number of nitrogens with one attached hydrogen (secondary N) is 1. The van der Waals surface area contributed by atoms with E-state index in [1.165, 1.54) is 17.0 Å². The molecule has 28 heavy (non-hydrogen) atoms. The first kappa shape index (κ1) is 21.9. The highest BCUT2D eigenvalue weighted by Crippen LogP contribution is 2.15. The van der Waals surface area contributed by atoms with Crippen LogP contribution in [0.2, 0.25) is 5.02 Å². The molecule has 0 aliphatic rings. The van der Waals surface area contributed by atoms with Crippen LogP contribution in [0, 0.1) is 5.82 Å². The first-order valence-electron chi connectivity index (χ1n) is 9.07. The largest absolute Gasteiger partial charge is 0.396 e. The van der Waals surface area contributed by atoms with Crippen LogP contribution in [0.15, 0.2) is 48.5 Å². The second kappa shape index (κ2) is 10.8. The van der Waals surface area contributed by atoms with Crippen molar-refractivity contribution in [1.29, 1.82) is 0 Å². The molecule has 7 heteroatoms. The Hall–Kier alpha value is -2.44. The van der Waals surface area contributed by atoms with Crippen molar-refractivity contribution in [3.8, 4) is 0 Å². The van der Waals surface area contributed by atoms with Gasteiger partial charge in [0, 0.05) is 24.7 Å². The van der Waals surface area contributed by atoms with Crippen LogP contribution in [-0.2, 0) is 22.6 Å². The molecule has 0 unspecified atom stereocenters. The molecule has 2 rings (SSSR count). The number of aliphatic hydroxyl groups excluding tert-OH is 1. The first-order chi connectivity index (χ1) is 13.4. The molecule has 5 nitrogen and oxygen atoms in total. The molecule has 1 atom stereocenters. The highest BCUT2D eigenvalue weighted by atomic mass is 35.5. The number of halogens is 2. The lowest BCUT2D eigenvalue weighted by Gasteiger charge is -2.29. The third kappa shape index (κ3) is 6.62. The maximum absolute atomic E-state index is 13.2. The standard InChI is InChI=1S/C21H24ClFN2O3/c1-15(21(28)24-11-2-12-26)25(14-17-5-9-19(23)10-6-17)20(27)13-16-3-7-18(22)8-4-16/h3-10,15,26H,2,11-14H2,1H3,(H,24,28)/t15-/m1/s1. The summed E-state index contributed by atoms with van der Waals surface area (Å²) in [5.74, 6) is -0.894. The van der Waals surface area contributed by atoms with E-state index >= 15 is 0 Å². The maximum Gasteiger partial charge on any atom is 0.242 e. The quantitative estimate of drug-likeness (QED) is 0.629. The molecule has 2 amide bonds. The summed E-state index contributed by atoms with van der Waals surface area (Å²) in [6.07, 6.45) is 0.557. The van der Waals surface area contributed by atoms with E-state index in [2.05, 4.69) is 5.32 Å². The van der Waals surface area contributed by atoms with E-state index in [0.29, 0.717) is 18.0 Å². The molecule has 0 aliphatic heterocycles. The molecule has 0 aromatic heterocycles. The molecule has 0 heterocycles. The van der Waals surface area contributed by atoms with Gasteiger partial charge in [0.15, 0.2) is 0 Å². The smallest absolute Gasteiger partial charge is 0.242 e. The van der Waals surface area contributed by atoms with Crippen LogP contribution in [0.4, 0.5) is 4.39 Å². The summed E-state index contributed by atoms with van der Waals surface area (Å²) in [7, 11) is 0. The number of nitrogens with zero attached hydrogens (tertiary/aromatic N) is 1. The van der Waals surface area contributed by atoms with Crippen LogP contribution in [0.3, 0.4) is 0 Å². The van der Waals surface area contributed by atoms with Gasteiger partial charge in [0.25, 0.3) is 0 Å². The lowest BCUT2D eigenvalue weighted by Crippen LogP contribution is -2.48. The zero-order valence-corrected chi connectivity index (χ0v) is 16.5. The summed E-state index contributed by atoms with van der Waals surface area (Å²) in [5, 5.41) is 12.2. The van der Waals surface area contributed by atoms with E-state index in [-0.39, 0.29) is 37.2 Å². The third-order valence-electron chi connectivity index (χ3n) is 4.34. The lowest BCUT2D eigenvalue weighted by molar-refractivity contribution is -0.140. The molecule has 0 spiro atoms.